The molecule has 0 aliphatic carbocycles. The van der Waals surface area contributed by atoms with Gasteiger partial charge in [0.05, 0.1) is 13.2 Å². The maximum absolute atomic E-state index is 9.83. The number of ether oxygens (including phenoxy) is 1. The lowest BCUT2D eigenvalue weighted by Gasteiger charge is -2.15. The summed E-state index contributed by atoms with van der Waals surface area (Å²) in [6, 6.07) is 3.93. The molecule has 84 valence electrons. The fourth-order valence-corrected chi connectivity index (χ4v) is 1.81. The Balaban J connectivity index is 3.02. The fourth-order valence-electron chi connectivity index (χ4n) is 1.81. The number of hydrogen-bond donors (Lipinski definition) is 2. The molecule has 1 rings (SSSR count). The normalized spacial score (nSPS) is 12.6. The van der Waals surface area contributed by atoms with Crippen LogP contribution in [0.3, 0.4) is 0 Å². The van der Waals surface area contributed by atoms with E-state index in [2.05, 4.69) is 5.32 Å². The summed E-state index contributed by atoms with van der Waals surface area (Å²) in [5, 5.41) is 12.8. The minimum atomic E-state index is -0.460. The second kappa shape index (κ2) is 5.14. The first-order valence-electron chi connectivity index (χ1n) is 5.08. The first kappa shape index (κ1) is 12.0. The maximum atomic E-state index is 9.83. The highest BCUT2D eigenvalue weighted by Gasteiger charge is 2.10. The molecule has 0 aliphatic heterocycles. The Labute approximate surface area is 91.1 Å². The van der Waals surface area contributed by atoms with Crippen molar-refractivity contribution in [2.75, 3.05) is 20.7 Å². The summed E-state index contributed by atoms with van der Waals surface area (Å²) in [6.07, 6.45) is -0.460. The van der Waals surface area contributed by atoms with Crippen LogP contribution in [0.2, 0.25) is 0 Å². The van der Waals surface area contributed by atoms with Gasteiger partial charge in [-0.3, -0.25) is 0 Å². The second-order valence-corrected chi connectivity index (χ2v) is 3.76. The van der Waals surface area contributed by atoms with Gasteiger partial charge in [-0.05, 0) is 49.7 Å². The third-order valence-electron chi connectivity index (χ3n) is 2.47. The molecule has 0 fully saturated rings. The van der Waals surface area contributed by atoms with Gasteiger partial charge < -0.3 is 15.2 Å². The SMILES string of the molecule is CNCC(O)c1cc(C)c(OC)c(C)c1. The Kier molecular flexibility index (Phi) is 4.12. The average Bonchev–Trinajstić information content (AvgIpc) is 2.17. The van der Waals surface area contributed by atoms with E-state index in [0.717, 1.165) is 22.4 Å². The van der Waals surface area contributed by atoms with Gasteiger partial charge in [-0.25, -0.2) is 0 Å². The minimum Gasteiger partial charge on any atom is -0.496 e. The van der Waals surface area contributed by atoms with Gasteiger partial charge in [0.15, 0.2) is 0 Å². The van der Waals surface area contributed by atoms with Crippen LogP contribution in [0.5, 0.6) is 5.75 Å². The van der Waals surface area contributed by atoms with Crippen molar-refractivity contribution in [1.29, 1.82) is 0 Å². The number of aliphatic hydroxyl groups excluding tert-OH is 1. The van der Waals surface area contributed by atoms with Crippen molar-refractivity contribution >= 4 is 0 Å². The van der Waals surface area contributed by atoms with E-state index in [1.807, 2.05) is 33.0 Å². The summed E-state index contributed by atoms with van der Waals surface area (Å²) in [6.45, 7) is 4.54. The van der Waals surface area contributed by atoms with Crippen molar-refractivity contribution in [2.24, 2.45) is 0 Å². The zero-order valence-electron chi connectivity index (χ0n) is 9.79. The monoisotopic (exact) mass is 209 g/mol. The Morgan fingerprint density at radius 2 is 1.87 bits per heavy atom. The predicted molar refractivity (Wildman–Crippen MR) is 61.4 cm³/mol. The van der Waals surface area contributed by atoms with Gasteiger partial charge in [0.1, 0.15) is 5.75 Å². The predicted octanol–water partition coefficient (Wildman–Crippen LogP) is 1.56. The van der Waals surface area contributed by atoms with Gasteiger partial charge in [0.2, 0.25) is 0 Å². The molecule has 1 atom stereocenters. The number of aliphatic hydroxyl groups is 1. The summed E-state index contributed by atoms with van der Waals surface area (Å²) in [5.41, 5.74) is 3.05. The number of rotatable bonds is 4. The van der Waals surface area contributed by atoms with Crippen molar-refractivity contribution in [2.45, 2.75) is 20.0 Å². The molecular weight excluding hydrogens is 190 g/mol. The summed E-state index contributed by atoms with van der Waals surface area (Å²) >= 11 is 0. The Hall–Kier alpha value is -1.06. The third kappa shape index (κ3) is 2.70. The first-order chi connectivity index (χ1) is 7.10. The van der Waals surface area contributed by atoms with Gasteiger partial charge in [-0.1, -0.05) is 0 Å². The number of hydrogen-bond acceptors (Lipinski definition) is 3. The zero-order valence-corrected chi connectivity index (χ0v) is 9.79. The largest absolute Gasteiger partial charge is 0.496 e. The molecule has 1 unspecified atom stereocenters. The van der Waals surface area contributed by atoms with Crippen molar-refractivity contribution < 1.29 is 9.84 Å². The number of likely N-dealkylation sites (N-methyl/N-ethyl adjacent to an activating group) is 1. The van der Waals surface area contributed by atoms with Crippen molar-refractivity contribution in [1.82, 2.24) is 5.32 Å². The fraction of sp³-hybridized carbons (Fsp3) is 0.500. The van der Waals surface area contributed by atoms with E-state index in [-0.39, 0.29) is 0 Å². The van der Waals surface area contributed by atoms with Crippen LogP contribution in [0, 0.1) is 13.8 Å². The van der Waals surface area contributed by atoms with E-state index in [1.54, 1.807) is 7.11 Å². The van der Waals surface area contributed by atoms with E-state index >= 15 is 0 Å². The van der Waals surface area contributed by atoms with Crippen LogP contribution in [0.15, 0.2) is 12.1 Å². The standard InChI is InChI=1S/C12H19NO2/c1-8-5-10(11(14)7-13-3)6-9(2)12(8)15-4/h5-6,11,13-14H,7H2,1-4H3. The van der Waals surface area contributed by atoms with Gasteiger partial charge in [0.25, 0.3) is 0 Å². The summed E-state index contributed by atoms with van der Waals surface area (Å²) < 4.78 is 5.27. The van der Waals surface area contributed by atoms with Crippen LogP contribution in [-0.2, 0) is 0 Å². The molecule has 3 heteroatoms. The molecule has 0 radical (unpaired) electrons. The van der Waals surface area contributed by atoms with Crippen LogP contribution in [0.1, 0.15) is 22.8 Å². The van der Waals surface area contributed by atoms with Gasteiger partial charge in [0, 0.05) is 6.54 Å². The van der Waals surface area contributed by atoms with E-state index in [9.17, 15) is 5.11 Å². The number of methoxy groups -OCH3 is 1. The molecule has 0 saturated carbocycles. The molecule has 1 aromatic rings. The van der Waals surface area contributed by atoms with E-state index in [0.29, 0.717) is 6.54 Å². The molecule has 3 nitrogen and oxygen atoms in total. The Morgan fingerprint density at radius 3 is 2.27 bits per heavy atom. The van der Waals surface area contributed by atoms with E-state index < -0.39 is 6.10 Å². The Morgan fingerprint density at radius 1 is 1.33 bits per heavy atom. The zero-order chi connectivity index (χ0) is 11.4. The van der Waals surface area contributed by atoms with Gasteiger partial charge >= 0.3 is 0 Å². The molecule has 0 saturated heterocycles. The number of benzene rings is 1. The average molecular weight is 209 g/mol. The molecule has 0 aliphatic rings. The lowest BCUT2D eigenvalue weighted by atomic mass is 10.0. The molecule has 0 amide bonds. The molecule has 0 spiro atoms. The summed E-state index contributed by atoms with van der Waals surface area (Å²) in [5.74, 6) is 0.899. The quantitative estimate of drug-likeness (QED) is 0.790. The summed E-state index contributed by atoms with van der Waals surface area (Å²) in [7, 11) is 3.49. The van der Waals surface area contributed by atoms with Gasteiger partial charge in [-0.15, -0.1) is 0 Å². The highest BCUT2D eigenvalue weighted by molar-refractivity contribution is 5.43. The summed E-state index contributed by atoms with van der Waals surface area (Å²) in [4.78, 5) is 0. The van der Waals surface area contributed by atoms with Crippen LogP contribution < -0.4 is 10.1 Å². The molecule has 0 aromatic heterocycles. The first-order valence-corrected chi connectivity index (χ1v) is 5.08. The van der Waals surface area contributed by atoms with Crippen LogP contribution in [0.25, 0.3) is 0 Å². The number of nitrogens with one attached hydrogen (secondary N) is 1. The topological polar surface area (TPSA) is 41.5 Å². The lowest BCUT2D eigenvalue weighted by Crippen LogP contribution is -2.17. The van der Waals surface area contributed by atoms with Crippen molar-refractivity contribution in [3.05, 3.63) is 28.8 Å². The van der Waals surface area contributed by atoms with E-state index in [1.165, 1.54) is 0 Å². The highest BCUT2D eigenvalue weighted by atomic mass is 16.5. The smallest absolute Gasteiger partial charge is 0.124 e. The molecular formula is C12H19NO2. The molecule has 0 heterocycles. The highest BCUT2D eigenvalue weighted by Crippen LogP contribution is 2.26. The molecule has 0 bridgehead atoms. The van der Waals surface area contributed by atoms with E-state index in [4.69, 9.17) is 4.74 Å². The molecule has 2 N–H and O–H groups in total. The van der Waals surface area contributed by atoms with Crippen LogP contribution in [0.4, 0.5) is 0 Å². The Bertz CT molecular complexity index is 313. The lowest BCUT2D eigenvalue weighted by molar-refractivity contribution is 0.177. The molecule has 1 aromatic carbocycles. The van der Waals surface area contributed by atoms with Crippen LogP contribution >= 0.6 is 0 Å². The van der Waals surface area contributed by atoms with Crippen molar-refractivity contribution in [3.8, 4) is 5.75 Å². The van der Waals surface area contributed by atoms with Crippen LogP contribution in [-0.4, -0.2) is 25.8 Å². The minimum absolute atomic E-state index is 0.460. The second-order valence-electron chi connectivity index (χ2n) is 3.76. The molecule has 15 heavy (non-hydrogen) atoms. The van der Waals surface area contributed by atoms with Crippen molar-refractivity contribution in [3.63, 3.8) is 0 Å². The number of aryl methyl sites for hydroxylation is 2. The van der Waals surface area contributed by atoms with Gasteiger partial charge in [-0.2, -0.15) is 0 Å². The third-order valence-corrected chi connectivity index (χ3v) is 2.47. The maximum Gasteiger partial charge on any atom is 0.124 e.